The van der Waals surface area contributed by atoms with E-state index in [-0.39, 0.29) is 5.60 Å². The molecule has 21 heavy (non-hydrogen) atoms. The molecule has 1 saturated carbocycles. The van der Waals surface area contributed by atoms with Gasteiger partial charge in [0.25, 0.3) is 0 Å². The molecule has 2 rings (SSSR count). The van der Waals surface area contributed by atoms with Gasteiger partial charge in [0, 0.05) is 24.1 Å². The lowest BCUT2D eigenvalue weighted by molar-refractivity contribution is -0.0507. The Kier molecular flexibility index (Phi) is 5.81. The van der Waals surface area contributed by atoms with Gasteiger partial charge in [-0.1, -0.05) is 27.7 Å². The Bertz CT molecular complexity index is 448. The average molecular weight is 311 g/mol. The molecule has 120 valence electrons. The zero-order chi connectivity index (χ0) is 15.5. The van der Waals surface area contributed by atoms with Gasteiger partial charge in [0.1, 0.15) is 10.6 Å². The fourth-order valence-electron chi connectivity index (χ4n) is 2.76. The van der Waals surface area contributed by atoms with Crippen molar-refractivity contribution in [3.8, 4) is 0 Å². The normalized spacial score (nSPS) is 15.9. The van der Waals surface area contributed by atoms with E-state index in [1.54, 1.807) is 0 Å². The number of nitrogens with one attached hydrogen (secondary N) is 1. The molecular formula is C17H30N2OS. The van der Waals surface area contributed by atoms with Crippen molar-refractivity contribution in [3.05, 3.63) is 15.6 Å². The molecule has 3 nitrogen and oxygen atoms in total. The largest absolute Gasteiger partial charge is 0.368 e. The van der Waals surface area contributed by atoms with Gasteiger partial charge in [-0.3, -0.25) is 0 Å². The fourth-order valence-corrected chi connectivity index (χ4v) is 4.21. The van der Waals surface area contributed by atoms with Gasteiger partial charge in [-0.2, -0.15) is 0 Å². The Hall–Kier alpha value is -0.450. The van der Waals surface area contributed by atoms with Crippen LogP contribution in [0.2, 0.25) is 0 Å². The maximum absolute atomic E-state index is 6.13. The van der Waals surface area contributed by atoms with Gasteiger partial charge >= 0.3 is 0 Å². The quantitative estimate of drug-likeness (QED) is 0.725. The van der Waals surface area contributed by atoms with Crippen molar-refractivity contribution < 1.29 is 4.74 Å². The summed E-state index contributed by atoms with van der Waals surface area (Å²) < 4.78 is 6.13. The van der Waals surface area contributed by atoms with E-state index in [9.17, 15) is 0 Å². The van der Waals surface area contributed by atoms with Crippen LogP contribution in [0.3, 0.4) is 0 Å². The zero-order valence-electron chi connectivity index (χ0n) is 14.2. The standard InChI is InChI=1S/C17H30N2OS/c1-6-17(7-2,20-8-3)16-19-15(12(4)5)14(21-16)11-18-13-9-10-13/h12-13,18H,6-11H2,1-5H3. The summed E-state index contributed by atoms with van der Waals surface area (Å²) in [6, 6.07) is 0.740. The molecule has 1 heterocycles. The topological polar surface area (TPSA) is 34.1 Å². The van der Waals surface area contributed by atoms with Crippen LogP contribution in [0.5, 0.6) is 0 Å². The zero-order valence-corrected chi connectivity index (χ0v) is 15.0. The average Bonchev–Trinajstić information content (AvgIpc) is 3.20. The van der Waals surface area contributed by atoms with E-state index in [4.69, 9.17) is 9.72 Å². The van der Waals surface area contributed by atoms with Gasteiger partial charge in [-0.15, -0.1) is 11.3 Å². The Morgan fingerprint density at radius 2 is 1.95 bits per heavy atom. The summed E-state index contributed by atoms with van der Waals surface area (Å²) in [5.74, 6) is 0.471. The van der Waals surface area contributed by atoms with E-state index < -0.39 is 0 Å². The lowest BCUT2D eigenvalue weighted by Gasteiger charge is -2.29. The first-order valence-corrected chi connectivity index (χ1v) is 9.25. The maximum Gasteiger partial charge on any atom is 0.125 e. The molecule has 1 fully saturated rings. The SMILES string of the molecule is CCOC(CC)(CC)c1nc(C(C)C)c(CNC2CC2)s1. The minimum absolute atomic E-state index is 0.194. The second-order valence-electron chi connectivity index (χ2n) is 6.27. The predicted octanol–water partition coefficient (Wildman–Crippen LogP) is 4.57. The van der Waals surface area contributed by atoms with Crippen LogP contribution in [0, 0.1) is 0 Å². The van der Waals surface area contributed by atoms with Gasteiger partial charge < -0.3 is 10.1 Å². The molecule has 0 radical (unpaired) electrons. The molecule has 0 atom stereocenters. The Balaban J connectivity index is 2.26. The third kappa shape index (κ3) is 3.85. The summed E-state index contributed by atoms with van der Waals surface area (Å²) in [7, 11) is 0. The molecule has 1 N–H and O–H groups in total. The van der Waals surface area contributed by atoms with Crippen LogP contribution in [0.4, 0.5) is 0 Å². The van der Waals surface area contributed by atoms with Crippen LogP contribution < -0.4 is 5.32 Å². The predicted molar refractivity (Wildman–Crippen MR) is 90.0 cm³/mol. The van der Waals surface area contributed by atoms with Gasteiger partial charge in [0.05, 0.1) is 5.69 Å². The van der Waals surface area contributed by atoms with Gasteiger partial charge in [0.2, 0.25) is 0 Å². The Morgan fingerprint density at radius 1 is 1.29 bits per heavy atom. The molecule has 1 aliphatic carbocycles. The summed E-state index contributed by atoms with van der Waals surface area (Å²) in [6.07, 6.45) is 4.63. The highest BCUT2D eigenvalue weighted by Crippen LogP contribution is 2.38. The molecule has 0 saturated heterocycles. The number of rotatable bonds is 9. The molecule has 0 spiro atoms. The van der Waals surface area contributed by atoms with E-state index in [0.29, 0.717) is 5.92 Å². The van der Waals surface area contributed by atoms with Crippen molar-refractivity contribution in [2.24, 2.45) is 0 Å². The third-order valence-corrected chi connectivity index (χ3v) is 5.61. The summed E-state index contributed by atoms with van der Waals surface area (Å²) in [6.45, 7) is 12.7. The van der Waals surface area contributed by atoms with Crippen LogP contribution in [-0.2, 0) is 16.9 Å². The minimum atomic E-state index is -0.194. The molecule has 0 amide bonds. The monoisotopic (exact) mass is 310 g/mol. The molecule has 1 aliphatic rings. The summed E-state index contributed by atoms with van der Waals surface area (Å²) >= 11 is 1.86. The number of hydrogen-bond acceptors (Lipinski definition) is 4. The van der Waals surface area contributed by atoms with E-state index in [0.717, 1.165) is 32.0 Å². The maximum atomic E-state index is 6.13. The highest BCUT2D eigenvalue weighted by Gasteiger charge is 2.34. The Labute approximate surface area is 133 Å². The smallest absolute Gasteiger partial charge is 0.125 e. The molecule has 0 aliphatic heterocycles. The first-order chi connectivity index (χ1) is 10.1. The summed E-state index contributed by atoms with van der Waals surface area (Å²) in [5, 5.41) is 4.80. The van der Waals surface area contributed by atoms with Crippen LogP contribution in [0.25, 0.3) is 0 Å². The number of hydrogen-bond donors (Lipinski definition) is 1. The third-order valence-electron chi connectivity index (χ3n) is 4.36. The first kappa shape index (κ1) is 16.9. The van der Waals surface area contributed by atoms with Crippen molar-refractivity contribution in [1.29, 1.82) is 0 Å². The molecule has 0 bridgehead atoms. The summed E-state index contributed by atoms with van der Waals surface area (Å²) in [5.41, 5.74) is 1.06. The van der Waals surface area contributed by atoms with Crippen molar-refractivity contribution in [2.45, 2.75) is 84.4 Å². The second-order valence-corrected chi connectivity index (χ2v) is 7.36. The second kappa shape index (κ2) is 7.21. The van der Waals surface area contributed by atoms with Crippen LogP contribution in [0.15, 0.2) is 0 Å². The highest BCUT2D eigenvalue weighted by atomic mass is 32.1. The van der Waals surface area contributed by atoms with E-state index in [1.165, 1.54) is 28.4 Å². The molecule has 0 aromatic carbocycles. The summed E-state index contributed by atoms with van der Waals surface area (Å²) in [4.78, 5) is 6.40. The van der Waals surface area contributed by atoms with Crippen LogP contribution >= 0.6 is 11.3 Å². The molecule has 0 unspecified atom stereocenters. The number of aromatic nitrogens is 1. The van der Waals surface area contributed by atoms with E-state index in [1.807, 2.05) is 11.3 Å². The van der Waals surface area contributed by atoms with Gasteiger partial charge in [-0.25, -0.2) is 4.98 Å². The molecule has 1 aromatic rings. The van der Waals surface area contributed by atoms with Crippen LogP contribution in [0.1, 0.15) is 81.8 Å². The van der Waals surface area contributed by atoms with Crippen molar-refractivity contribution in [3.63, 3.8) is 0 Å². The van der Waals surface area contributed by atoms with Crippen molar-refractivity contribution >= 4 is 11.3 Å². The number of nitrogens with zero attached hydrogens (tertiary/aromatic N) is 1. The van der Waals surface area contributed by atoms with Gasteiger partial charge in [-0.05, 0) is 38.5 Å². The molecule has 4 heteroatoms. The molecule has 1 aromatic heterocycles. The highest BCUT2D eigenvalue weighted by molar-refractivity contribution is 7.11. The lowest BCUT2D eigenvalue weighted by atomic mass is 9.98. The van der Waals surface area contributed by atoms with Crippen LogP contribution in [-0.4, -0.2) is 17.6 Å². The minimum Gasteiger partial charge on any atom is -0.368 e. The number of thiazole rings is 1. The lowest BCUT2D eigenvalue weighted by Crippen LogP contribution is -2.28. The number of ether oxygens (including phenoxy) is 1. The first-order valence-electron chi connectivity index (χ1n) is 8.43. The van der Waals surface area contributed by atoms with Crippen molar-refractivity contribution in [2.75, 3.05) is 6.61 Å². The van der Waals surface area contributed by atoms with Gasteiger partial charge in [0.15, 0.2) is 0 Å². The van der Waals surface area contributed by atoms with Crippen molar-refractivity contribution in [1.82, 2.24) is 10.3 Å². The molecular weight excluding hydrogens is 280 g/mol. The Morgan fingerprint density at radius 3 is 2.43 bits per heavy atom. The van der Waals surface area contributed by atoms with E-state index >= 15 is 0 Å². The van der Waals surface area contributed by atoms with E-state index in [2.05, 4.69) is 39.9 Å². The fraction of sp³-hybridized carbons (Fsp3) is 0.824.